The molecule has 0 radical (unpaired) electrons. The number of piperidine rings is 1. The Morgan fingerprint density at radius 1 is 1.30 bits per heavy atom. The van der Waals surface area contributed by atoms with Gasteiger partial charge in [-0.25, -0.2) is 8.78 Å². The van der Waals surface area contributed by atoms with Gasteiger partial charge in [0.1, 0.15) is 17.3 Å². The number of rotatable bonds is 4. The number of anilines is 1. The summed E-state index contributed by atoms with van der Waals surface area (Å²) in [6.07, 6.45) is 4.56. The number of nitrogens with two attached hydrogens (primary N) is 1. The van der Waals surface area contributed by atoms with Crippen LogP contribution in [0.2, 0.25) is 0 Å². The van der Waals surface area contributed by atoms with E-state index in [1.165, 1.54) is 12.1 Å². The van der Waals surface area contributed by atoms with E-state index >= 15 is 0 Å². The molecular formula is C16H24F2N2. The first-order valence-corrected chi connectivity index (χ1v) is 7.53. The highest BCUT2D eigenvalue weighted by molar-refractivity contribution is 5.52. The van der Waals surface area contributed by atoms with Crippen LogP contribution >= 0.6 is 0 Å². The van der Waals surface area contributed by atoms with E-state index in [4.69, 9.17) is 5.73 Å². The van der Waals surface area contributed by atoms with Gasteiger partial charge in [0.15, 0.2) is 0 Å². The van der Waals surface area contributed by atoms with Crippen molar-refractivity contribution < 1.29 is 8.78 Å². The molecule has 1 aliphatic heterocycles. The molecular weight excluding hydrogens is 258 g/mol. The highest BCUT2D eigenvalue weighted by atomic mass is 19.1. The number of nitrogens with zero attached hydrogens (tertiary/aromatic N) is 1. The summed E-state index contributed by atoms with van der Waals surface area (Å²) in [7, 11) is 0. The first kappa shape index (κ1) is 15.2. The second-order valence-corrected chi connectivity index (χ2v) is 5.84. The third kappa shape index (κ3) is 3.29. The maximum Gasteiger partial charge on any atom is 0.149 e. The third-order valence-corrected chi connectivity index (χ3v) is 4.02. The molecule has 4 heteroatoms. The zero-order chi connectivity index (χ0) is 14.7. The summed E-state index contributed by atoms with van der Waals surface area (Å²) in [5.74, 6) is -0.915. The van der Waals surface area contributed by atoms with E-state index in [2.05, 4.69) is 6.92 Å². The van der Waals surface area contributed by atoms with Crippen LogP contribution in [-0.2, 0) is 6.42 Å². The zero-order valence-corrected chi connectivity index (χ0v) is 12.3. The van der Waals surface area contributed by atoms with Crippen molar-refractivity contribution >= 4 is 5.69 Å². The molecule has 1 aliphatic rings. The average molecular weight is 282 g/mol. The van der Waals surface area contributed by atoms with E-state index < -0.39 is 11.6 Å². The Labute approximate surface area is 120 Å². The van der Waals surface area contributed by atoms with Gasteiger partial charge in [0.2, 0.25) is 0 Å². The van der Waals surface area contributed by atoms with Gasteiger partial charge >= 0.3 is 0 Å². The Morgan fingerprint density at radius 3 is 2.50 bits per heavy atom. The van der Waals surface area contributed by atoms with Crippen molar-refractivity contribution in [3.05, 3.63) is 29.3 Å². The first-order chi connectivity index (χ1) is 9.52. The summed E-state index contributed by atoms with van der Waals surface area (Å²) in [5, 5.41) is 0. The van der Waals surface area contributed by atoms with Gasteiger partial charge in [0, 0.05) is 18.6 Å². The molecule has 2 nitrogen and oxygen atoms in total. The van der Waals surface area contributed by atoms with Crippen LogP contribution in [0.15, 0.2) is 12.1 Å². The summed E-state index contributed by atoms with van der Waals surface area (Å²) in [4.78, 5) is 1.91. The maximum atomic E-state index is 14.3. The molecule has 1 aromatic carbocycles. The van der Waals surface area contributed by atoms with E-state index in [9.17, 15) is 8.78 Å². The lowest BCUT2D eigenvalue weighted by atomic mass is 9.98. The molecule has 2 rings (SSSR count). The Hall–Kier alpha value is -1.16. The summed E-state index contributed by atoms with van der Waals surface area (Å²) in [6, 6.07) is 3.01. The second kappa shape index (κ2) is 6.53. The summed E-state index contributed by atoms with van der Waals surface area (Å²) in [6.45, 7) is 4.64. The minimum atomic E-state index is -0.457. The van der Waals surface area contributed by atoms with Crippen LogP contribution in [-0.4, -0.2) is 18.6 Å². The fraction of sp³-hybridized carbons (Fsp3) is 0.625. The molecule has 112 valence electrons. The van der Waals surface area contributed by atoms with E-state index in [0.717, 1.165) is 32.2 Å². The van der Waals surface area contributed by atoms with Gasteiger partial charge in [-0.3, -0.25) is 0 Å². The lowest BCUT2D eigenvalue weighted by Gasteiger charge is -2.37. The molecule has 0 spiro atoms. The van der Waals surface area contributed by atoms with Crippen LogP contribution < -0.4 is 10.6 Å². The van der Waals surface area contributed by atoms with Gasteiger partial charge in [0.05, 0.1) is 0 Å². The van der Waals surface area contributed by atoms with Crippen molar-refractivity contribution in [3.8, 4) is 0 Å². The predicted octanol–water partition coefficient (Wildman–Crippen LogP) is 3.62. The Balaban J connectivity index is 2.31. The fourth-order valence-electron chi connectivity index (χ4n) is 3.10. The molecule has 2 atom stereocenters. The Kier molecular flexibility index (Phi) is 4.97. The van der Waals surface area contributed by atoms with Gasteiger partial charge in [-0.2, -0.15) is 0 Å². The number of benzene rings is 1. The topological polar surface area (TPSA) is 29.3 Å². The van der Waals surface area contributed by atoms with Gasteiger partial charge in [0.25, 0.3) is 0 Å². The van der Waals surface area contributed by atoms with E-state index in [-0.39, 0.29) is 17.8 Å². The lowest BCUT2D eigenvalue weighted by molar-refractivity contribution is 0.434. The first-order valence-electron chi connectivity index (χ1n) is 7.53. The molecule has 1 saturated heterocycles. The second-order valence-electron chi connectivity index (χ2n) is 5.84. The molecule has 1 fully saturated rings. The smallest absolute Gasteiger partial charge is 0.149 e. The molecule has 2 unspecified atom stereocenters. The minimum absolute atomic E-state index is 0.0990. The van der Waals surface area contributed by atoms with Crippen molar-refractivity contribution in [2.75, 3.05) is 11.4 Å². The fourth-order valence-corrected chi connectivity index (χ4v) is 3.10. The highest BCUT2D eigenvalue weighted by Gasteiger charge is 2.26. The quantitative estimate of drug-likeness (QED) is 0.914. The Bertz CT molecular complexity index is 437. The molecule has 1 aromatic rings. The van der Waals surface area contributed by atoms with Crippen LogP contribution in [0.25, 0.3) is 0 Å². The van der Waals surface area contributed by atoms with Crippen LogP contribution in [0.5, 0.6) is 0 Å². The molecule has 0 amide bonds. The van der Waals surface area contributed by atoms with Crippen molar-refractivity contribution in [3.63, 3.8) is 0 Å². The predicted molar refractivity (Wildman–Crippen MR) is 79.0 cm³/mol. The highest BCUT2D eigenvalue weighted by Crippen LogP contribution is 2.32. The monoisotopic (exact) mass is 282 g/mol. The lowest BCUT2D eigenvalue weighted by Crippen LogP contribution is -2.40. The van der Waals surface area contributed by atoms with Crippen LogP contribution in [0, 0.1) is 11.6 Å². The molecule has 0 aliphatic carbocycles. The van der Waals surface area contributed by atoms with Crippen molar-refractivity contribution in [1.82, 2.24) is 0 Å². The summed E-state index contributed by atoms with van der Waals surface area (Å²) < 4.78 is 28.7. The van der Waals surface area contributed by atoms with Crippen molar-refractivity contribution in [2.45, 2.75) is 58.0 Å². The molecule has 2 N–H and O–H groups in total. The van der Waals surface area contributed by atoms with Crippen molar-refractivity contribution in [1.29, 1.82) is 0 Å². The molecule has 1 heterocycles. The van der Waals surface area contributed by atoms with Gasteiger partial charge in [-0.15, -0.1) is 0 Å². The Morgan fingerprint density at radius 2 is 1.95 bits per heavy atom. The normalized spacial score (nSPS) is 21.1. The van der Waals surface area contributed by atoms with Gasteiger partial charge in [-0.1, -0.05) is 6.92 Å². The van der Waals surface area contributed by atoms with Crippen molar-refractivity contribution in [2.24, 2.45) is 5.73 Å². The van der Waals surface area contributed by atoms with Gasteiger partial charge in [-0.05, 0) is 56.7 Å². The maximum absolute atomic E-state index is 14.3. The van der Waals surface area contributed by atoms with Crippen LogP contribution in [0.4, 0.5) is 14.5 Å². The zero-order valence-electron chi connectivity index (χ0n) is 12.3. The standard InChI is InChI=1S/C16H24F2N2/c1-3-13-6-4-5-7-20(13)16-14(17)9-12(8-11(2)19)10-15(16)18/h9-11,13H,3-8,19H2,1-2H3. The molecule has 0 saturated carbocycles. The number of hydrogen-bond donors (Lipinski definition) is 1. The number of halogens is 2. The van der Waals surface area contributed by atoms with E-state index in [1.54, 1.807) is 0 Å². The number of hydrogen-bond acceptors (Lipinski definition) is 2. The average Bonchev–Trinajstić information content (AvgIpc) is 2.37. The largest absolute Gasteiger partial charge is 0.364 e. The van der Waals surface area contributed by atoms with Gasteiger partial charge < -0.3 is 10.6 Å². The third-order valence-electron chi connectivity index (χ3n) is 4.02. The summed E-state index contributed by atoms with van der Waals surface area (Å²) in [5.41, 5.74) is 6.47. The van der Waals surface area contributed by atoms with E-state index in [1.807, 2.05) is 11.8 Å². The van der Waals surface area contributed by atoms with Crippen LogP contribution in [0.3, 0.4) is 0 Å². The molecule has 0 aromatic heterocycles. The molecule has 20 heavy (non-hydrogen) atoms. The van der Waals surface area contributed by atoms with E-state index in [0.29, 0.717) is 12.0 Å². The SMILES string of the molecule is CCC1CCCCN1c1c(F)cc(CC(C)N)cc1F. The molecule has 0 bridgehead atoms. The minimum Gasteiger partial charge on any atom is -0.364 e. The van der Waals surface area contributed by atoms with Crippen LogP contribution in [0.1, 0.15) is 45.1 Å². The summed E-state index contributed by atoms with van der Waals surface area (Å²) >= 11 is 0.